The Morgan fingerprint density at radius 3 is 2.70 bits per heavy atom. The third kappa shape index (κ3) is 1.99. The van der Waals surface area contributed by atoms with Crippen LogP contribution in [0, 0.1) is 0 Å². The first-order valence-electron chi connectivity index (χ1n) is 3.72. The van der Waals surface area contributed by atoms with Crippen LogP contribution >= 0.6 is 0 Å². The average molecular weight is 142 g/mol. The van der Waals surface area contributed by atoms with Gasteiger partial charge in [0.1, 0.15) is 0 Å². The van der Waals surface area contributed by atoms with E-state index in [0.717, 1.165) is 12.8 Å². The molecule has 1 rings (SSSR count). The van der Waals surface area contributed by atoms with Crippen LogP contribution in [0.4, 0.5) is 0 Å². The number of amides is 1. The van der Waals surface area contributed by atoms with Crippen molar-refractivity contribution in [2.24, 2.45) is 5.73 Å². The number of nitrogens with two attached hydrogens (primary N) is 1. The predicted molar refractivity (Wildman–Crippen MR) is 39.5 cm³/mol. The molecule has 0 aromatic heterocycles. The number of rotatable bonds is 3. The molecule has 58 valence electrons. The third-order valence-electron chi connectivity index (χ3n) is 1.78. The second-order valence-electron chi connectivity index (χ2n) is 2.99. The summed E-state index contributed by atoms with van der Waals surface area (Å²) in [6.07, 6.45) is 2.51. The lowest BCUT2D eigenvalue weighted by atomic mass is 10.2. The van der Waals surface area contributed by atoms with Gasteiger partial charge in [-0.15, -0.1) is 0 Å². The van der Waals surface area contributed by atoms with Gasteiger partial charge in [-0.05, 0) is 19.8 Å². The number of hydrogen-bond donors (Lipinski definition) is 2. The van der Waals surface area contributed by atoms with Crippen LogP contribution in [-0.2, 0) is 4.79 Å². The molecule has 3 heteroatoms. The second-order valence-corrected chi connectivity index (χ2v) is 2.99. The van der Waals surface area contributed by atoms with Gasteiger partial charge in [0.15, 0.2) is 0 Å². The molecule has 1 saturated carbocycles. The number of carbonyl (C=O) groups is 1. The van der Waals surface area contributed by atoms with Crippen LogP contribution in [0.1, 0.15) is 26.2 Å². The summed E-state index contributed by atoms with van der Waals surface area (Å²) in [6.45, 7) is 2.61. The van der Waals surface area contributed by atoms with Gasteiger partial charge in [0.05, 0.1) is 0 Å². The molecular formula is C7H14N2O. The van der Waals surface area contributed by atoms with Crippen LogP contribution in [0.25, 0.3) is 0 Å². The lowest BCUT2D eigenvalue weighted by molar-refractivity contribution is -0.121. The molecule has 1 fully saturated rings. The summed E-state index contributed by atoms with van der Waals surface area (Å²) in [5.74, 6) is 0.0856. The quantitative estimate of drug-likeness (QED) is 0.583. The molecular weight excluding hydrogens is 128 g/mol. The Balaban J connectivity index is 2.18. The van der Waals surface area contributed by atoms with Crippen molar-refractivity contribution in [3.05, 3.63) is 0 Å². The van der Waals surface area contributed by atoms with Gasteiger partial charge in [0, 0.05) is 18.5 Å². The largest absolute Gasteiger partial charge is 0.356 e. The monoisotopic (exact) mass is 142 g/mol. The zero-order valence-electron chi connectivity index (χ0n) is 6.31. The fourth-order valence-electron chi connectivity index (χ4n) is 0.917. The maximum absolute atomic E-state index is 10.9. The van der Waals surface area contributed by atoms with Gasteiger partial charge >= 0.3 is 0 Å². The van der Waals surface area contributed by atoms with Crippen LogP contribution in [0.3, 0.4) is 0 Å². The van der Waals surface area contributed by atoms with Crippen LogP contribution in [-0.4, -0.2) is 18.0 Å². The van der Waals surface area contributed by atoms with E-state index in [4.69, 9.17) is 5.73 Å². The molecule has 3 nitrogen and oxygen atoms in total. The van der Waals surface area contributed by atoms with Crippen molar-refractivity contribution in [3.8, 4) is 0 Å². The number of hydrogen-bond acceptors (Lipinski definition) is 2. The minimum atomic E-state index is -0.140. The zero-order chi connectivity index (χ0) is 7.61. The Morgan fingerprint density at radius 1 is 1.70 bits per heavy atom. The van der Waals surface area contributed by atoms with Crippen LogP contribution in [0.2, 0.25) is 0 Å². The molecule has 1 aliphatic carbocycles. The van der Waals surface area contributed by atoms with Gasteiger partial charge in [0.25, 0.3) is 0 Å². The number of nitrogens with one attached hydrogen (secondary N) is 1. The van der Waals surface area contributed by atoms with Crippen LogP contribution in [0.5, 0.6) is 0 Å². The van der Waals surface area contributed by atoms with Crippen LogP contribution in [0.15, 0.2) is 0 Å². The molecule has 0 saturated heterocycles. The molecule has 1 aliphatic rings. The molecule has 0 aromatic carbocycles. The van der Waals surface area contributed by atoms with Crippen molar-refractivity contribution in [2.75, 3.05) is 6.54 Å². The van der Waals surface area contributed by atoms with E-state index in [0.29, 0.717) is 13.0 Å². The van der Waals surface area contributed by atoms with Crippen molar-refractivity contribution >= 4 is 5.91 Å². The normalized spacial score (nSPS) is 20.2. The van der Waals surface area contributed by atoms with Crippen molar-refractivity contribution in [3.63, 3.8) is 0 Å². The summed E-state index contributed by atoms with van der Waals surface area (Å²) < 4.78 is 0. The fourth-order valence-corrected chi connectivity index (χ4v) is 0.917. The van der Waals surface area contributed by atoms with E-state index in [1.165, 1.54) is 0 Å². The third-order valence-corrected chi connectivity index (χ3v) is 1.78. The molecule has 0 spiro atoms. The minimum Gasteiger partial charge on any atom is -0.356 e. The van der Waals surface area contributed by atoms with Crippen molar-refractivity contribution < 1.29 is 4.79 Å². The Hall–Kier alpha value is -0.570. The molecule has 0 unspecified atom stereocenters. The topological polar surface area (TPSA) is 55.1 Å². The van der Waals surface area contributed by atoms with E-state index in [2.05, 4.69) is 5.32 Å². The Kier molecular flexibility index (Phi) is 1.94. The lowest BCUT2D eigenvalue weighted by Gasteiger charge is -2.06. The summed E-state index contributed by atoms with van der Waals surface area (Å²) in [5.41, 5.74) is 5.58. The summed E-state index contributed by atoms with van der Waals surface area (Å²) >= 11 is 0. The van der Waals surface area contributed by atoms with Gasteiger partial charge in [-0.1, -0.05) is 0 Å². The molecule has 1 amide bonds. The summed E-state index contributed by atoms with van der Waals surface area (Å²) in [6, 6.07) is 0. The SMILES string of the molecule is CCNC(=O)CC1(N)CC1. The highest BCUT2D eigenvalue weighted by molar-refractivity contribution is 5.77. The van der Waals surface area contributed by atoms with Gasteiger partial charge in [0.2, 0.25) is 5.91 Å². The second kappa shape index (κ2) is 2.58. The minimum absolute atomic E-state index is 0.0856. The summed E-state index contributed by atoms with van der Waals surface area (Å²) in [4.78, 5) is 10.9. The maximum Gasteiger partial charge on any atom is 0.221 e. The van der Waals surface area contributed by atoms with Crippen molar-refractivity contribution in [2.45, 2.75) is 31.7 Å². The first kappa shape index (κ1) is 7.54. The van der Waals surface area contributed by atoms with Crippen molar-refractivity contribution in [1.82, 2.24) is 5.32 Å². The Labute approximate surface area is 61.0 Å². The van der Waals surface area contributed by atoms with Crippen LogP contribution < -0.4 is 11.1 Å². The Morgan fingerprint density at radius 2 is 2.30 bits per heavy atom. The van der Waals surface area contributed by atoms with Crippen molar-refractivity contribution in [1.29, 1.82) is 0 Å². The van der Waals surface area contributed by atoms with E-state index in [1.807, 2.05) is 6.92 Å². The van der Waals surface area contributed by atoms with Gasteiger partial charge in [-0.2, -0.15) is 0 Å². The summed E-state index contributed by atoms with van der Waals surface area (Å²) in [5, 5.41) is 2.72. The molecule has 0 heterocycles. The van der Waals surface area contributed by atoms with E-state index in [9.17, 15) is 4.79 Å². The first-order valence-corrected chi connectivity index (χ1v) is 3.72. The molecule has 0 bridgehead atoms. The highest BCUT2D eigenvalue weighted by Crippen LogP contribution is 2.35. The Bertz CT molecular complexity index is 141. The summed E-state index contributed by atoms with van der Waals surface area (Å²) in [7, 11) is 0. The highest BCUT2D eigenvalue weighted by atomic mass is 16.1. The number of carbonyl (C=O) groups excluding carboxylic acids is 1. The van der Waals surface area contributed by atoms with E-state index in [-0.39, 0.29) is 11.4 Å². The molecule has 0 aromatic rings. The fraction of sp³-hybridized carbons (Fsp3) is 0.857. The van der Waals surface area contributed by atoms with Gasteiger partial charge < -0.3 is 11.1 Å². The molecule has 10 heavy (non-hydrogen) atoms. The zero-order valence-corrected chi connectivity index (χ0v) is 6.31. The van der Waals surface area contributed by atoms with E-state index < -0.39 is 0 Å². The predicted octanol–water partition coefficient (Wildman–Crippen LogP) is 0.00390. The average Bonchev–Trinajstić information content (AvgIpc) is 2.48. The molecule has 0 aliphatic heterocycles. The van der Waals surface area contributed by atoms with E-state index in [1.54, 1.807) is 0 Å². The van der Waals surface area contributed by atoms with E-state index >= 15 is 0 Å². The molecule has 3 N–H and O–H groups in total. The molecule has 0 atom stereocenters. The standard InChI is InChI=1S/C7H14N2O/c1-2-9-6(10)5-7(8)3-4-7/h2-5,8H2,1H3,(H,9,10). The smallest absolute Gasteiger partial charge is 0.221 e. The lowest BCUT2D eigenvalue weighted by Crippen LogP contribution is -2.32. The maximum atomic E-state index is 10.9. The van der Waals surface area contributed by atoms with Gasteiger partial charge in [-0.3, -0.25) is 4.79 Å². The highest BCUT2D eigenvalue weighted by Gasteiger charge is 2.39. The first-order chi connectivity index (χ1) is 4.66. The molecule has 0 radical (unpaired) electrons. The van der Waals surface area contributed by atoms with Gasteiger partial charge in [-0.25, -0.2) is 0 Å².